The highest BCUT2D eigenvalue weighted by Gasteiger charge is 2.13. The summed E-state index contributed by atoms with van der Waals surface area (Å²) in [7, 11) is 1.64. The first kappa shape index (κ1) is 13.0. The number of carboxylic acid groups (broad SMARTS) is 1. The van der Waals surface area contributed by atoms with Gasteiger partial charge in [-0.25, -0.2) is 13.6 Å². The molecule has 2 rings (SSSR count). The van der Waals surface area contributed by atoms with Crippen molar-refractivity contribution in [3.8, 4) is 0 Å². The molecule has 0 aliphatic carbocycles. The molecule has 0 heterocycles. The molecular formula is C14H11F2NO2. The highest BCUT2D eigenvalue weighted by Crippen LogP contribution is 2.25. The van der Waals surface area contributed by atoms with E-state index < -0.39 is 23.2 Å². The predicted octanol–water partition coefficient (Wildman–Crippen LogP) is 3.43. The largest absolute Gasteiger partial charge is 0.478 e. The number of hydrogen-bond donors (Lipinski definition) is 1. The molecular weight excluding hydrogens is 252 g/mol. The van der Waals surface area contributed by atoms with E-state index in [2.05, 4.69) is 0 Å². The number of rotatable bonds is 3. The van der Waals surface area contributed by atoms with E-state index in [4.69, 9.17) is 5.11 Å². The lowest BCUT2D eigenvalue weighted by Crippen LogP contribution is -2.11. The molecule has 0 spiro atoms. The average molecular weight is 263 g/mol. The zero-order chi connectivity index (χ0) is 14.0. The Kier molecular flexibility index (Phi) is 3.46. The quantitative estimate of drug-likeness (QED) is 0.922. The van der Waals surface area contributed by atoms with E-state index in [0.717, 1.165) is 6.07 Å². The van der Waals surface area contributed by atoms with Crippen LogP contribution in [-0.4, -0.2) is 18.1 Å². The van der Waals surface area contributed by atoms with Gasteiger partial charge in [0.05, 0.1) is 5.56 Å². The van der Waals surface area contributed by atoms with Gasteiger partial charge in [0.1, 0.15) is 11.6 Å². The third-order valence-electron chi connectivity index (χ3n) is 2.77. The Bertz CT molecular complexity index is 629. The number of hydrogen-bond acceptors (Lipinski definition) is 2. The Morgan fingerprint density at radius 2 is 1.79 bits per heavy atom. The third kappa shape index (κ3) is 2.70. The minimum atomic E-state index is -1.32. The van der Waals surface area contributed by atoms with Crippen molar-refractivity contribution in [2.75, 3.05) is 11.9 Å². The number of benzene rings is 2. The molecule has 2 aromatic carbocycles. The lowest BCUT2D eigenvalue weighted by Gasteiger charge is -2.19. The number of aromatic carboxylic acids is 1. The standard InChI is InChI=1S/C14H11F2NO2/c1-17(10-4-2-3-9(15)7-10)11-5-6-12(14(18)19)13(16)8-11/h2-8H,1H3,(H,18,19). The summed E-state index contributed by atoms with van der Waals surface area (Å²) in [4.78, 5) is 12.3. The van der Waals surface area contributed by atoms with Crippen LogP contribution >= 0.6 is 0 Å². The van der Waals surface area contributed by atoms with Crippen molar-refractivity contribution in [2.45, 2.75) is 0 Å². The van der Waals surface area contributed by atoms with Gasteiger partial charge in [0.25, 0.3) is 0 Å². The van der Waals surface area contributed by atoms with Crippen LogP contribution in [0.2, 0.25) is 0 Å². The summed E-state index contributed by atoms with van der Waals surface area (Å²) >= 11 is 0. The molecule has 0 radical (unpaired) electrons. The molecule has 1 N–H and O–H groups in total. The fourth-order valence-electron chi connectivity index (χ4n) is 1.72. The van der Waals surface area contributed by atoms with E-state index in [-0.39, 0.29) is 0 Å². The Morgan fingerprint density at radius 1 is 1.11 bits per heavy atom. The zero-order valence-electron chi connectivity index (χ0n) is 10.1. The Morgan fingerprint density at radius 3 is 2.37 bits per heavy atom. The second-order valence-corrected chi connectivity index (χ2v) is 4.01. The molecule has 0 aliphatic rings. The fourth-order valence-corrected chi connectivity index (χ4v) is 1.72. The van der Waals surface area contributed by atoms with Crippen molar-refractivity contribution in [3.05, 3.63) is 59.7 Å². The topological polar surface area (TPSA) is 40.5 Å². The van der Waals surface area contributed by atoms with Gasteiger partial charge >= 0.3 is 5.97 Å². The summed E-state index contributed by atoms with van der Waals surface area (Å²) < 4.78 is 26.7. The van der Waals surface area contributed by atoms with Gasteiger partial charge in [-0.15, -0.1) is 0 Å². The van der Waals surface area contributed by atoms with Crippen LogP contribution in [0.1, 0.15) is 10.4 Å². The smallest absolute Gasteiger partial charge is 0.338 e. The maximum atomic E-state index is 13.6. The number of carboxylic acids is 1. The monoisotopic (exact) mass is 263 g/mol. The second kappa shape index (κ2) is 5.06. The average Bonchev–Trinajstić information content (AvgIpc) is 2.37. The van der Waals surface area contributed by atoms with Crippen LogP contribution in [0.3, 0.4) is 0 Å². The zero-order valence-corrected chi connectivity index (χ0v) is 10.1. The summed E-state index contributed by atoms with van der Waals surface area (Å²) in [5.74, 6) is -2.54. The van der Waals surface area contributed by atoms with Crippen LogP contribution in [0.5, 0.6) is 0 Å². The van der Waals surface area contributed by atoms with Gasteiger partial charge in [-0.1, -0.05) is 6.07 Å². The molecule has 0 aliphatic heterocycles. The number of nitrogens with zero attached hydrogens (tertiary/aromatic N) is 1. The SMILES string of the molecule is CN(c1cccc(F)c1)c1ccc(C(=O)O)c(F)c1. The van der Waals surface area contributed by atoms with Crippen molar-refractivity contribution >= 4 is 17.3 Å². The first-order valence-electron chi connectivity index (χ1n) is 5.51. The molecule has 0 bridgehead atoms. The third-order valence-corrected chi connectivity index (χ3v) is 2.77. The van der Waals surface area contributed by atoms with E-state index in [1.54, 1.807) is 24.1 Å². The van der Waals surface area contributed by atoms with E-state index in [9.17, 15) is 13.6 Å². The van der Waals surface area contributed by atoms with Gasteiger partial charge in [-0.2, -0.15) is 0 Å². The molecule has 0 amide bonds. The molecule has 0 saturated heterocycles. The van der Waals surface area contributed by atoms with Crippen molar-refractivity contribution < 1.29 is 18.7 Å². The predicted molar refractivity (Wildman–Crippen MR) is 67.8 cm³/mol. The second-order valence-electron chi connectivity index (χ2n) is 4.01. The van der Waals surface area contributed by atoms with Crippen molar-refractivity contribution in [1.82, 2.24) is 0 Å². The molecule has 0 atom stereocenters. The van der Waals surface area contributed by atoms with Crippen LogP contribution in [-0.2, 0) is 0 Å². The van der Waals surface area contributed by atoms with Crippen molar-refractivity contribution in [1.29, 1.82) is 0 Å². The number of anilines is 2. The lowest BCUT2D eigenvalue weighted by atomic mass is 10.1. The summed E-state index contributed by atoms with van der Waals surface area (Å²) in [6, 6.07) is 9.60. The van der Waals surface area contributed by atoms with Gasteiger partial charge in [0.2, 0.25) is 0 Å². The minimum absolute atomic E-state index is 0.392. The van der Waals surface area contributed by atoms with Crippen LogP contribution in [0.4, 0.5) is 20.2 Å². The summed E-state index contributed by atoms with van der Waals surface area (Å²) in [6.07, 6.45) is 0. The van der Waals surface area contributed by atoms with Gasteiger partial charge in [0.15, 0.2) is 0 Å². The first-order valence-corrected chi connectivity index (χ1v) is 5.51. The molecule has 98 valence electrons. The normalized spacial score (nSPS) is 10.3. The van der Waals surface area contributed by atoms with Crippen LogP contribution in [0.25, 0.3) is 0 Å². The van der Waals surface area contributed by atoms with Gasteiger partial charge in [-0.05, 0) is 36.4 Å². The first-order chi connectivity index (χ1) is 8.99. The molecule has 0 fully saturated rings. The summed E-state index contributed by atoms with van der Waals surface area (Å²) in [5, 5.41) is 8.75. The maximum absolute atomic E-state index is 13.6. The highest BCUT2D eigenvalue weighted by molar-refractivity contribution is 5.88. The Hall–Kier alpha value is -2.43. The molecule has 0 aromatic heterocycles. The van der Waals surface area contributed by atoms with E-state index in [0.29, 0.717) is 11.4 Å². The number of carbonyl (C=O) groups is 1. The van der Waals surface area contributed by atoms with Crippen molar-refractivity contribution in [3.63, 3.8) is 0 Å². The lowest BCUT2D eigenvalue weighted by molar-refractivity contribution is 0.0692. The minimum Gasteiger partial charge on any atom is -0.478 e. The van der Waals surface area contributed by atoms with Gasteiger partial charge in [0, 0.05) is 18.4 Å². The molecule has 19 heavy (non-hydrogen) atoms. The number of halogens is 2. The van der Waals surface area contributed by atoms with Crippen LogP contribution in [0, 0.1) is 11.6 Å². The molecule has 0 saturated carbocycles. The Labute approximate surface area is 108 Å². The summed E-state index contributed by atoms with van der Waals surface area (Å²) in [5.41, 5.74) is 0.590. The van der Waals surface area contributed by atoms with E-state index in [1.807, 2.05) is 0 Å². The van der Waals surface area contributed by atoms with Gasteiger partial charge < -0.3 is 10.0 Å². The van der Waals surface area contributed by atoms with Crippen LogP contribution in [0.15, 0.2) is 42.5 Å². The van der Waals surface area contributed by atoms with E-state index in [1.165, 1.54) is 24.3 Å². The van der Waals surface area contributed by atoms with Gasteiger partial charge in [-0.3, -0.25) is 0 Å². The maximum Gasteiger partial charge on any atom is 0.338 e. The fraction of sp³-hybridized carbons (Fsp3) is 0.0714. The van der Waals surface area contributed by atoms with Crippen LogP contribution < -0.4 is 4.90 Å². The molecule has 5 heteroatoms. The Balaban J connectivity index is 2.37. The van der Waals surface area contributed by atoms with E-state index >= 15 is 0 Å². The molecule has 2 aromatic rings. The molecule has 3 nitrogen and oxygen atoms in total. The highest BCUT2D eigenvalue weighted by atomic mass is 19.1. The van der Waals surface area contributed by atoms with Crippen molar-refractivity contribution in [2.24, 2.45) is 0 Å². The summed E-state index contributed by atoms with van der Waals surface area (Å²) in [6.45, 7) is 0. The molecule has 0 unspecified atom stereocenters.